The van der Waals surface area contributed by atoms with Crippen molar-refractivity contribution in [1.29, 1.82) is 0 Å². The van der Waals surface area contributed by atoms with Gasteiger partial charge in [0, 0.05) is 30.9 Å². The van der Waals surface area contributed by atoms with E-state index in [1.807, 2.05) is 0 Å². The van der Waals surface area contributed by atoms with Gasteiger partial charge < -0.3 is 4.90 Å². The highest BCUT2D eigenvalue weighted by molar-refractivity contribution is 5.48. The molecule has 2 atom stereocenters. The van der Waals surface area contributed by atoms with Crippen molar-refractivity contribution in [3.05, 3.63) is 29.8 Å². The minimum atomic E-state index is 0.644. The normalized spacial score (nSPS) is 26.2. The summed E-state index contributed by atoms with van der Waals surface area (Å²) in [6, 6.07) is 10.2. The van der Waals surface area contributed by atoms with E-state index in [0.717, 1.165) is 19.6 Å². The first-order valence-corrected chi connectivity index (χ1v) is 6.69. The summed E-state index contributed by atoms with van der Waals surface area (Å²) in [6.07, 6.45) is 0. The molecular formula is C15H24N2. The minimum Gasteiger partial charge on any atom is -0.368 e. The highest BCUT2D eigenvalue weighted by Gasteiger charge is 2.27. The Bertz CT molecular complexity index is 346. The molecule has 94 valence electrons. The van der Waals surface area contributed by atoms with Gasteiger partial charge in [-0.05, 0) is 39.4 Å². The molecule has 2 heteroatoms. The summed E-state index contributed by atoms with van der Waals surface area (Å²) in [6.45, 7) is 12.5. The van der Waals surface area contributed by atoms with Crippen LogP contribution in [0.3, 0.4) is 0 Å². The van der Waals surface area contributed by atoms with Gasteiger partial charge in [-0.15, -0.1) is 0 Å². The Labute approximate surface area is 105 Å². The van der Waals surface area contributed by atoms with Gasteiger partial charge in [0.15, 0.2) is 0 Å². The lowest BCUT2D eigenvalue weighted by Gasteiger charge is -2.45. The van der Waals surface area contributed by atoms with Crippen molar-refractivity contribution in [3.8, 4) is 0 Å². The van der Waals surface area contributed by atoms with Crippen molar-refractivity contribution < 1.29 is 0 Å². The van der Waals surface area contributed by atoms with Gasteiger partial charge in [-0.3, -0.25) is 4.90 Å². The van der Waals surface area contributed by atoms with Crippen LogP contribution in [0.5, 0.6) is 0 Å². The van der Waals surface area contributed by atoms with Gasteiger partial charge in [-0.1, -0.05) is 24.6 Å². The van der Waals surface area contributed by atoms with Crippen LogP contribution in [0.25, 0.3) is 0 Å². The van der Waals surface area contributed by atoms with Gasteiger partial charge in [0.25, 0.3) is 0 Å². The Balaban J connectivity index is 2.11. The van der Waals surface area contributed by atoms with E-state index in [9.17, 15) is 0 Å². The van der Waals surface area contributed by atoms with Crippen molar-refractivity contribution in [1.82, 2.24) is 4.90 Å². The Morgan fingerprint density at radius 1 is 1.06 bits per heavy atom. The quantitative estimate of drug-likeness (QED) is 0.773. The lowest BCUT2D eigenvalue weighted by molar-refractivity contribution is 0.140. The fraction of sp³-hybridized carbons (Fsp3) is 0.600. The van der Waals surface area contributed by atoms with Gasteiger partial charge in [-0.2, -0.15) is 0 Å². The van der Waals surface area contributed by atoms with E-state index in [0.29, 0.717) is 12.1 Å². The van der Waals surface area contributed by atoms with Crippen LogP contribution in [-0.2, 0) is 0 Å². The number of hydrogen-bond acceptors (Lipinski definition) is 2. The maximum atomic E-state index is 2.59. The van der Waals surface area contributed by atoms with E-state index >= 15 is 0 Å². The third kappa shape index (κ3) is 2.63. The van der Waals surface area contributed by atoms with Crippen molar-refractivity contribution in [2.45, 2.75) is 39.8 Å². The molecule has 1 fully saturated rings. The van der Waals surface area contributed by atoms with E-state index in [1.165, 1.54) is 11.3 Å². The molecule has 1 saturated heterocycles. The standard InChI is InChI=1S/C15H24N2/c1-5-17-13(3)10-16(11-14(17)4)15-8-6-12(2)7-9-15/h6-9,13-14H,5,10-11H2,1-4H3. The first kappa shape index (κ1) is 12.4. The van der Waals surface area contributed by atoms with Crippen LogP contribution in [0.2, 0.25) is 0 Å². The summed E-state index contributed by atoms with van der Waals surface area (Å²) >= 11 is 0. The number of aryl methyl sites for hydroxylation is 1. The van der Waals surface area contributed by atoms with E-state index in [4.69, 9.17) is 0 Å². The van der Waals surface area contributed by atoms with Crippen molar-refractivity contribution in [3.63, 3.8) is 0 Å². The molecule has 0 N–H and O–H groups in total. The monoisotopic (exact) mass is 232 g/mol. The molecular weight excluding hydrogens is 208 g/mol. The second-order valence-corrected chi connectivity index (χ2v) is 5.27. The molecule has 0 aromatic heterocycles. The molecule has 0 bridgehead atoms. The third-order valence-electron chi connectivity index (χ3n) is 3.87. The SMILES string of the molecule is CCN1C(C)CN(c2ccc(C)cc2)CC1C. The zero-order valence-electron chi connectivity index (χ0n) is 11.5. The molecule has 17 heavy (non-hydrogen) atoms. The van der Waals surface area contributed by atoms with Gasteiger partial charge >= 0.3 is 0 Å². The molecule has 2 unspecified atom stereocenters. The first-order valence-electron chi connectivity index (χ1n) is 6.69. The second kappa shape index (κ2) is 5.09. The summed E-state index contributed by atoms with van der Waals surface area (Å²) in [7, 11) is 0. The number of nitrogens with zero attached hydrogens (tertiary/aromatic N) is 2. The fourth-order valence-electron chi connectivity index (χ4n) is 2.95. The lowest BCUT2D eigenvalue weighted by atomic mass is 10.1. The molecule has 1 aliphatic heterocycles. The molecule has 2 nitrogen and oxygen atoms in total. The fourth-order valence-corrected chi connectivity index (χ4v) is 2.95. The smallest absolute Gasteiger partial charge is 0.0367 e. The average molecular weight is 232 g/mol. The van der Waals surface area contributed by atoms with E-state index < -0.39 is 0 Å². The molecule has 0 radical (unpaired) electrons. The summed E-state index contributed by atoms with van der Waals surface area (Å²) in [5.74, 6) is 0. The van der Waals surface area contributed by atoms with Crippen molar-refractivity contribution in [2.75, 3.05) is 24.5 Å². The van der Waals surface area contributed by atoms with Crippen LogP contribution in [0, 0.1) is 6.92 Å². The van der Waals surface area contributed by atoms with Crippen LogP contribution >= 0.6 is 0 Å². The topological polar surface area (TPSA) is 6.48 Å². The maximum Gasteiger partial charge on any atom is 0.0367 e. The Morgan fingerprint density at radius 3 is 2.06 bits per heavy atom. The number of anilines is 1. The van der Waals surface area contributed by atoms with E-state index in [1.54, 1.807) is 0 Å². The number of likely N-dealkylation sites (N-methyl/N-ethyl adjacent to an activating group) is 1. The highest BCUT2D eigenvalue weighted by Crippen LogP contribution is 2.22. The highest BCUT2D eigenvalue weighted by atomic mass is 15.3. The Morgan fingerprint density at radius 2 is 1.59 bits per heavy atom. The third-order valence-corrected chi connectivity index (χ3v) is 3.87. The molecule has 1 heterocycles. The maximum absolute atomic E-state index is 2.59. The Hall–Kier alpha value is -1.02. The lowest BCUT2D eigenvalue weighted by Crippen LogP contribution is -2.56. The molecule has 2 rings (SSSR count). The van der Waals surface area contributed by atoms with Crippen LogP contribution in [0.15, 0.2) is 24.3 Å². The molecule has 1 aromatic carbocycles. The predicted molar refractivity (Wildman–Crippen MR) is 74.7 cm³/mol. The predicted octanol–water partition coefficient (Wildman–Crippen LogP) is 2.91. The zero-order valence-corrected chi connectivity index (χ0v) is 11.5. The molecule has 1 aromatic rings. The van der Waals surface area contributed by atoms with E-state index in [2.05, 4.69) is 61.8 Å². The average Bonchev–Trinajstić information content (AvgIpc) is 2.29. The molecule has 0 saturated carbocycles. The Kier molecular flexibility index (Phi) is 3.72. The van der Waals surface area contributed by atoms with Gasteiger partial charge in [0.1, 0.15) is 0 Å². The molecule has 1 aliphatic rings. The van der Waals surface area contributed by atoms with Gasteiger partial charge in [0.05, 0.1) is 0 Å². The van der Waals surface area contributed by atoms with E-state index in [-0.39, 0.29) is 0 Å². The second-order valence-electron chi connectivity index (χ2n) is 5.27. The van der Waals surface area contributed by atoms with Crippen LogP contribution in [0.4, 0.5) is 5.69 Å². The molecule has 0 amide bonds. The van der Waals surface area contributed by atoms with Crippen LogP contribution in [-0.4, -0.2) is 36.6 Å². The van der Waals surface area contributed by atoms with Gasteiger partial charge in [-0.25, -0.2) is 0 Å². The zero-order chi connectivity index (χ0) is 12.4. The van der Waals surface area contributed by atoms with Crippen molar-refractivity contribution in [2.24, 2.45) is 0 Å². The first-order chi connectivity index (χ1) is 8.11. The molecule has 0 spiro atoms. The summed E-state index contributed by atoms with van der Waals surface area (Å²) < 4.78 is 0. The summed E-state index contributed by atoms with van der Waals surface area (Å²) in [4.78, 5) is 5.10. The summed E-state index contributed by atoms with van der Waals surface area (Å²) in [5.41, 5.74) is 2.70. The largest absolute Gasteiger partial charge is 0.368 e. The number of hydrogen-bond donors (Lipinski definition) is 0. The van der Waals surface area contributed by atoms with Gasteiger partial charge in [0.2, 0.25) is 0 Å². The minimum absolute atomic E-state index is 0.644. The molecule has 0 aliphatic carbocycles. The number of benzene rings is 1. The van der Waals surface area contributed by atoms with Crippen LogP contribution < -0.4 is 4.90 Å². The number of rotatable bonds is 2. The van der Waals surface area contributed by atoms with Crippen molar-refractivity contribution >= 4 is 5.69 Å². The summed E-state index contributed by atoms with van der Waals surface area (Å²) in [5, 5.41) is 0. The van der Waals surface area contributed by atoms with Crippen LogP contribution in [0.1, 0.15) is 26.3 Å². The number of piperazine rings is 1.